The van der Waals surface area contributed by atoms with Crippen LogP contribution in [0.4, 0.5) is 11.6 Å². The SMILES string of the molecule is CCCCOc1ccc(C(C)(C)CC(C)(C)C)cc1S(=O)(=O)CCCC(=O)NNc1[nH]nc(NS(=O)(=O)CCCC)c1C(=O)OC. The van der Waals surface area contributed by atoms with Crippen molar-refractivity contribution in [2.45, 2.75) is 104 Å². The molecule has 0 bridgehead atoms. The van der Waals surface area contributed by atoms with Crippen LogP contribution in [0, 0.1) is 5.41 Å². The molecule has 1 amide bonds. The molecule has 0 radical (unpaired) electrons. The number of ether oxygens (including phenoxy) is 2. The van der Waals surface area contributed by atoms with Crippen molar-refractivity contribution >= 4 is 43.4 Å². The maximum Gasteiger partial charge on any atom is 0.345 e. The van der Waals surface area contributed by atoms with Crippen molar-refractivity contribution in [3.8, 4) is 5.75 Å². The lowest BCUT2D eigenvalue weighted by molar-refractivity contribution is -0.120. The normalized spacial score (nSPS) is 12.4. The van der Waals surface area contributed by atoms with Gasteiger partial charge in [-0.15, -0.1) is 0 Å². The molecular weight excluding hydrogens is 635 g/mol. The number of carbonyl (C=O) groups excluding carboxylic acids is 2. The van der Waals surface area contributed by atoms with Crippen molar-refractivity contribution in [3.63, 3.8) is 0 Å². The Morgan fingerprint density at radius 1 is 0.957 bits per heavy atom. The highest BCUT2D eigenvalue weighted by Crippen LogP contribution is 2.39. The number of unbranched alkanes of at least 4 members (excludes halogenated alkanes) is 2. The molecule has 2 rings (SSSR count). The van der Waals surface area contributed by atoms with Gasteiger partial charge in [0, 0.05) is 6.42 Å². The first-order chi connectivity index (χ1) is 21.4. The Kier molecular flexibility index (Phi) is 13.9. The average Bonchev–Trinajstić information content (AvgIpc) is 3.34. The quantitative estimate of drug-likeness (QED) is 0.0856. The zero-order chi connectivity index (χ0) is 34.8. The van der Waals surface area contributed by atoms with Crippen molar-refractivity contribution in [1.29, 1.82) is 0 Å². The standard InChI is InChI=1S/C31H51N5O8S2/c1-9-11-17-44-23-16-15-22(31(6,7)21-30(3,4)5)20-24(23)45(39,40)18-13-14-25(37)32-33-27-26(29(38)43-8)28(35-34-27)36-46(41,42)19-12-10-2/h15-16,20H,9-14,17-19,21H2,1-8H3,(H,32,37)(H3,33,34,35,36). The number of methoxy groups -OCH3 is 1. The van der Waals surface area contributed by atoms with Gasteiger partial charge < -0.3 is 9.47 Å². The van der Waals surface area contributed by atoms with Crippen LogP contribution < -0.4 is 20.3 Å². The molecule has 0 aliphatic heterocycles. The molecule has 0 atom stereocenters. The van der Waals surface area contributed by atoms with E-state index in [9.17, 15) is 26.4 Å². The average molecular weight is 686 g/mol. The molecule has 15 heteroatoms. The number of rotatable bonds is 19. The van der Waals surface area contributed by atoms with E-state index in [1.807, 2.05) is 19.9 Å². The van der Waals surface area contributed by atoms with Crippen molar-refractivity contribution in [1.82, 2.24) is 15.6 Å². The van der Waals surface area contributed by atoms with Gasteiger partial charge in [-0.1, -0.05) is 67.4 Å². The predicted octanol–water partition coefficient (Wildman–Crippen LogP) is 5.33. The highest BCUT2D eigenvalue weighted by atomic mass is 32.2. The van der Waals surface area contributed by atoms with E-state index in [2.05, 4.69) is 60.4 Å². The van der Waals surface area contributed by atoms with E-state index in [-0.39, 0.29) is 57.3 Å². The Labute approximate surface area is 273 Å². The van der Waals surface area contributed by atoms with Gasteiger partial charge in [-0.2, -0.15) is 5.10 Å². The lowest BCUT2D eigenvalue weighted by atomic mass is 9.72. The number of aromatic nitrogens is 2. The zero-order valence-corrected chi connectivity index (χ0v) is 30.0. The Bertz CT molecular complexity index is 1540. The second-order valence-electron chi connectivity index (χ2n) is 13.2. The minimum absolute atomic E-state index is 0.00910. The number of anilines is 2. The summed E-state index contributed by atoms with van der Waals surface area (Å²) >= 11 is 0. The number of aromatic amines is 1. The summed E-state index contributed by atoms with van der Waals surface area (Å²) in [5.74, 6) is -2.01. The first-order valence-corrected chi connectivity index (χ1v) is 18.9. The van der Waals surface area contributed by atoms with Crippen LogP contribution in [0.5, 0.6) is 5.75 Å². The fourth-order valence-corrected chi connectivity index (χ4v) is 7.81. The number of benzene rings is 1. The van der Waals surface area contributed by atoms with Gasteiger partial charge in [0.2, 0.25) is 15.9 Å². The molecule has 1 aromatic heterocycles. The number of nitrogens with zero attached hydrogens (tertiary/aromatic N) is 1. The maximum atomic E-state index is 13.6. The summed E-state index contributed by atoms with van der Waals surface area (Å²) in [5, 5.41) is 6.31. The number of hydrazine groups is 1. The fourth-order valence-electron chi connectivity index (χ4n) is 5.11. The first kappa shape index (κ1) is 38.9. The molecule has 0 saturated carbocycles. The number of carbonyl (C=O) groups is 2. The summed E-state index contributed by atoms with van der Waals surface area (Å²) in [6, 6.07) is 5.34. The zero-order valence-electron chi connectivity index (χ0n) is 28.3. The third-order valence-electron chi connectivity index (χ3n) is 7.11. The molecule has 0 aliphatic rings. The summed E-state index contributed by atoms with van der Waals surface area (Å²) in [5.41, 5.74) is 5.27. The minimum Gasteiger partial charge on any atom is -0.492 e. The summed E-state index contributed by atoms with van der Waals surface area (Å²) < 4.78 is 64.8. The van der Waals surface area contributed by atoms with Crippen LogP contribution in [-0.4, -0.2) is 64.1 Å². The Balaban J connectivity index is 2.15. The third-order valence-corrected chi connectivity index (χ3v) is 10.3. The largest absolute Gasteiger partial charge is 0.492 e. The van der Waals surface area contributed by atoms with E-state index in [0.29, 0.717) is 25.2 Å². The van der Waals surface area contributed by atoms with E-state index in [4.69, 9.17) is 9.47 Å². The Morgan fingerprint density at radius 3 is 2.24 bits per heavy atom. The molecule has 13 nitrogen and oxygen atoms in total. The molecule has 1 aromatic carbocycles. The van der Waals surface area contributed by atoms with Crippen LogP contribution in [0.2, 0.25) is 0 Å². The molecule has 2 aromatic rings. The molecule has 0 unspecified atom stereocenters. The molecule has 0 fully saturated rings. The number of esters is 1. The summed E-state index contributed by atoms with van der Waals surface area (Å²) in [6.07, 6.45) is 3.44. The second kappa shape index (κ2) is 16.5. The Hall–Kier alpha value is -3.33. The van der Waals surface area contributed by atoms with Gasteiger partial charge in [-0.25, -0.2) is 21.6 Å². The van der Waals surface area contributed by atoms with Gasteiger partial charge >= 0.3 is 5.97 Å². The number of H-pyrrole nitrogens is 1. The first-order valence-electron chi connectivity index (χ1n) is 15.6. The van der Waals surface area contributed by atoms with E-state index < -0.39 is 31.7 Å². The molecule has 4 N–H and O–H groups in total. The summed E-state index contributed by atoms with van der Waals surface area (Å²) in [6.45, 7) is 14.9. The number of amides is 1. The number of nitrogens with one attached hydrogen (secondary N) is 4. The van der Waals surface area contributed by atoms with Gasteiger partial charge in [0.15, 0.2) is 21.5 Å². The number of hydrogen-bond donors (Lipinski definition) is 4. The summed E-state index contributed by atoms with van der Waals surface area (Å²) in [4.78, 5) is 25.2. The monoisotopic (exact) mass is 685 g/mol. The van der Waals surface area contributed by atoms with E-state index in [1.54, 1.807) is 12.1 Å². The van der Waals surface area contributed by atoms with Crippen LogP contribution in [0.15, 0.2) is 23.1 Å². The fraction of sp³-hybridized carbons (Fsp3) is 0.645. The maximum absolute atomic E-state index is 13.6. The van der Waals surface area contributed by atoms with Gasteiger partial charge in [-0.05, 0) is 54.2 Å². The smallest absolute Gasteiger partial charge is 0.345 e. The van der Waals surface area contributed by atoms with Gasteiger partial charge in [0.1, 0.15) is 16.2 Å². The highest BCUT2D eigenvalue weighted by molar-refractivity contribution is 7.92. The van der Waals surface area contributed by atoms with Crippen LogP contribution in [0.3, 0.4) is 0 Å². The van der Waals surface area contributed by atoms with Crippen LogP contribution in [0.1, 0.15) is 109 Å². The third kappa shape index (κ3) is 11.8. The number of sulfone groups is 1. The van der Waals surface area contributed by atoms with E-state index in [1.165, 1.54) is 0 Å². The molecule has 0 aliphatic carbocycles. The van der Waals surface area contributed by atoms with Crippen LogP contribution >= 0.6 is 0 Å². The van der Waals surface area contributed by atoms with Gasteiger partial charge in [0.05, 0.1) is 25.2 Å². The lowest BCUT2D eigenvalue weighted by Gasteiger charge is -2.33. The highest BCUT2D eigenvalue weighted by Gasteiger charge is 2.30. The Morgan fingerprint density at radius 2 is 1.63 bits per heavy atom. The van der Waals surface area contributed by atoms with Crippen molar-refractivity contribution in [2.24, 2.45) is 5.41 Å². The number of hydrogen-bond acceptors (Lipinski definition) is 10. The summed E-state index contributed by atoms with van der Waals surface area (Å²) in [7, 11) is -6.49. The second-order valence-corrected chi connectivity index (χ2v) is 17.1. The molecule has 0 saturated heterocycles. The van der Waals surface area contributed by atoms with Crippen LogP contribution in [-0.2, 0) is 34.8 Å². The van der Waals surface area contributed by atoms with E-state index in [0.717, 1.165) is 31.9 Å². The molecule has 260 valence electrons. The van der Waals surface area contributed by atoms with Crippen LogP contribution in [0.25, 0.3) is 0 Å². The van der Waals surface area contributed by atoms with Gasteiger partial charge in [0.25, 0.3) is 0 Å². The molecule has 0 spiro atoms. The van der Waals surface area contributed by atoms with E-state index >= 15 is 0 Å². The molecular formula is C31H51N5O8S2. The topological polar surface area (TPSA) is 186 Å². The van der Waals surface area contributed by atoms with Crippen molar-refractivity contribution in [3.05, 3.63) is 29.3 Å². The molecule has 1 heterocycles. The molecule has 46 heavy (non-hydrogen) atoms. The van der Waals surface area contributed by atoms with Gasteiger partial charge in [-0.3, -0.25) is 25.5 Å². The lowest BCUT2D eigenvalue weighted by Crippen LogP contribution is -2.30. The van der Waals surface area contributed by atoms with Crippen molar-refractivity contribution in [2.75, 3.05) is 35.4 Å². The number of sulfonamides is 1. The minimum atomic E-state index is -3.83. The van der Waals surface area contributed by atoms with Crippen molar-refractivity contribution < 1.29 is 35.9 Å². The predicted molar refractivity (Wildman–Crippen MR) is 179 cm³/mol.